The van der Waals surface area contributed by atoms with E-state index < -0.39 is 0 Å². The first kappa shape index (κ1) is 8.55. The highest BCUT2D eigenvalue weighted by molar-refractivity contribution is 4.91. The molecule has 0 radical (unpaired) electrons. The van der Waals surface area contributed by atoms with Gasteiger partial charge in [0, 0.05) is 12.6 Å². The van der Waals surface area contributed by atoms with Gasteiger partial charge in [-0.1, -0.05) is 20.3 Å². The van der Waals surface area contributed by atoms with Crippen LogP contribution in [-0.2, 0) is 0 Å². The molecule has 12 heavy (non-hydrogen) atoms. The van der Waals surface area contributed by atoms with Crippen LogP contribution in [0.1, 0.15) is 46.0 Å². The van der Waals surface area contributed by atoms with Crippen LogP contribution in [0.15, 0.2) is 0 Å². The zero-order valence-corrected chi connectivity index (χ0v) is 8.47. The Bertz CT molecular complexity index is 162. The van der Waals surface area contributed by atoms with Gasteiger partial charge in [0.1, 0.15) is 0 Å². The maximum atomic E-state index is 2.73. The summed E-state index contributed by atoms with van der Waals surface area (Å²) in [7, 11) is 0. The summed E-state index contributed by atoms with van der Waals surface area (Å²) >= 11 is 0. The highest BCUT2D eigenvalue weighted by atomic mass is 15.2. The Balaban J connectivity index is 1.88. The molecule has 1 aliphatic heterocycles. The summed E-state index contributed by atoms with van der Waals surface area (Å²) in [6.45, 7) is 7.53. The molecule has 1 heteroatoms. The van der Waals surface area contributed by atoms with E-state index in [9.17, 15) is 0 Å². The fraction of sp³-hybridized carbons (Fsp3) is 1.00. The van der Waals surface area contributed by atoms with Gasteiger partial charge in [-0.3, -0.25) is 4.90 Å². The molecule has 1 saturated carbocycles. The van der Waals surface area contributed by atoms with Crippen molar-refractivity contribution < 1.29 is 0 Å². The predicted molar refractivity (Wildman–Crippen MR) is 52.2 cm³/mol. The molecule has 1 saturated heterocycles. The summed E-state index contributed by atoms with van der Waals surface area (Å²) in [5, 5.41) is 0. The van der Waals surface area contributed by atoms with E-state index in [4.69, 9.17) is 0 Å². The lowest BCUT2D eigenvalue weighted by Gasteiger charge is -2.35. The monoisotopic (exact) mass is 167 g/mol. The maximum Gasteiger partial charge on any atom is 0.00955 e. The van der Waals surface area contributed by atoms with Crippen LogP contribution in [0, 0.1) is 5.41 Å². The molecule has 0 N–H and O–H groups in total. The van der Waals surface area contributed by atoms with Crippen LogP contribution in [0.25, 0.3) is 0 Å². The van der Waals surface area contributed by atoms with Crippen LogP contribution < -0.4 is 0 Å². The van der Waals surface area contributed by atoms with Gasteiger partial charge in [0.2, 0.25) is 0 Å². The van der Waals surface area contributed by atoms with Gasteiger partial charge in [0.05, 0.1) is 0 Å². The van der Waals surface area contributed by atoms with Crippen LogP contribution in [0.2, 0.25) is 0 Å². The number of nitrogens with zero attached hydrogens (tertiary/aromatic N) is 1. The van der Waals surface area contributed by atoms with Gasteiger partial charge < -0.3 is 0 Å². The second-order valence-electron chi connectivity index (χ2n) is 4.97. The predicted octanol–water partition coefficient (Wildman–Crippen LogP) is 2.66. The molecule has 0 bridgehead atoms. The Kier molecular flexibility index (Phi) is 2.16. The minimum Gasteiger partial charge on any atom is -0.300 e. The first-order valence-corrected chi connectivity index (χ1v) is 5.47. The SMILES string of the molecule is CCC1(C)CCN(C2CCC2)C1. The maximum absolute atomic E-state index is 2.73. The van der Waals surface area contributed by atoms with Gasteiger partial charge in [-0.15, -0.1) is 0 Å². The Morgan fingerprint density at radius 3 is 2.58 bits per heavy atom. The van der Waals surface area contributed by atoms with Gasteiger partial charge in [0.25, 0.3) is 0 Å². The number of hydrogen-bond acceptors (Lipinski definition) is 1. The molecule has 0 spiro atoms. The van der Waals surface area contributed by atoms with E-state index in [1.54, 1.807) is 0 Å². The van der Waals surface area contributed by atoms with Gasteiger partial charge in [0.15, 0.2) is 0 Å². The summed E-state index contributed by atoms with van der Waals surface area (Å²) in [5.41, 5.74) is 0.648. The fourth-order valence-electron chi connectivity index (χ4n) is 2.41. The highest BCUT2D eigenvalue weighted by Crippen LogP contribution is 2.37. The quantitative estimate of drug-likeness (QED) is 0.611. The third-order valence-electron chi connectivity index (χ3n) is 4.03. The summed E-state index contributed by atoms with van der Waals surface area (Å²) in [5.74, 6) is 0. The summed E-state index contributed by atoms with van der Waals surface area (Å²) in [6.07, 6.45) is 7.21. The first-order valence-electron chi connectivity index (χ1n) is 5.47. The lowest BCUT2D eigenvalue weighted by molar-refractivity contribution is 0.140. The Morgan fingerprint density at radius 1 is 1.42 bits per heavy atom. The molecule has 0 aromatic carbocycles. The third-order valence-corrected chi connectivity index (χ3v) is 4.03. The molecular formula is C11H21N. The molecule has 2 aliphatic rings. The molecule has 2 rings (SSSR count). The van der Waals surface area contributed by atoms with Crippen molar-refractivity contribution in [3.63, 3.8) is 0 Å². The zero-order chi connectivity index (χ0) is 8.60. The molecule has 70 valence electrons. The van der Waals surface area contributed by atoms with Crippen LogP contribution in [0.3, 0.4) is 0 Å². The Labute approximate surface area is 76.1 Å². The van der Waals surface area contributed by atoms with E-state index in [0.29, 0.717) is 5.41 Å². The van der Waals surface area contributed by atoms with Crippen molar-refractivity contribution in [1.82, 2.24) is 4.90 Å². The van der Waals surface area contributed by atoms with Crippen molar-refractivity contribution in [3.8, 4) is 0 Å². The second kappa shape index (κ2) is 3.02. The van der Waals surface area contributed by atoms with E-state index >= 15 is 0 Å². The van der Waals surface area contributed by atoms with E-state index in [1.165, 1.54) is 45.2 Å². The molecule has 0 amide bonds. The van der Waals surface area contributed by atoms with Crippen LogP contribution in [-0.4, -0.2) is 24.0 Å². The van der Waals surface area contributed by atoms with E-state index in [0.717, 1.165) is 6.04 Å². The summed E-state index contributed by atoms with van der Waals surface area (Å²) < 4.78 is 0. The first-order chi connectivity index (χ1) is 5.73. The van der Waals surface area contributed by atoms with Crippen molar-refractivity contribution in [2.24, 2.45) is 5.41 Å². The van der Waals surface area contributed by atoms with Crippen molar-refractivity contribution in [2.75, 3.05) is 13.1 Å². The molecule has 1 atom stereocenters. The largest absolute Gasteiger partial charge is 0.300 e. The zero-order valence-electron chi connectivity index (χ0n) is 8.47. The average Bonchev–Trinajstić information content (AvgIpc) is 2.31. The average molecular weight is 167 g/mol. The highest BCUT2D eigenvalue weighted by Gasteiger charge is 2.36. The molecule has 1 aliphatic carbocycles. The minimum absolute atomic E-state index is 0.648. The van der Waals surface area contributed by atoms with Crippen LogP contribution in [0.4, 0.5) is 0 Å². The molecular weight excluding hydrogens is 146 g/mol. The number of hydrogen-bond donors (Lipinski definition) is 0. The number of likely N-dealkylation sites (tertiary alicyclic amines) is 1. The van der Waals surface area contributed by atoms with Gasteiger partial charge in [-0.05, 0) is 37.6 Å². The minimum atomic E-state index is 0.648. The van der Waals surface area contributed by atoms with E-state index in [1.807, 2.05) is 0 Å². The van der Waals surface area contributed by atoms with Gasteiger partial charge in [-0.25, -0.2) is 0 Å². The molecule has 1 heterocycles. The Hall–Kier alpha value is -0.0400. The summed E-state index contributed by atoms with van der Waals surface area (Å²) in [4.78, 5) is 2.73. The lowest BCUT2D eigenvalue weighted by Crippen LogP contribution is -2.39. The van der Waals surface area contributed by atoms with Gasteiger partial charge >= 0.3 is 0 Å². The standard InChI is InChI=1S/C11H21N/c1-3-11(2)7-8-12(9-11)10-5-4-6-10/h10H,3-9H2,1-2H3. The normalized spacial score (nSPS) is 38.5. The summed E-state index contributed by atoms with van der Waals surface area (Å²) in [6, 6.07) is 0.971. The lowest BCUT2D eigenvalue weighted by atomic mass is 9.86. The second-order valence-corrected chi connectivity index (χ2v) is 4.97. The topological polar surface area (TPSA) is 3.24 Å². The molecule has 1 unspecified atom stereocenters. The van der Waals surface area contributed by atoms with Crippen molar-refractivity contribution in [2.45, 2.75) is 52.0 Å². The van der Waals surface area contributed by atoms with Crippen LogP contribution >= 0.6 is 0 Å². The Morgan fingerprint density at radius 2 is 2.17 bits per heavy atom. The number of rotatable bonds is 2. The van der Waals surface area contributed by atoms with E-state index in [-0.39, 0.29) is 0 Å². The van der Waals surface area contributed by atoms with Crippen molar-refractivity contribution in [1.29, 1.82) is 0 Å². The smallest absolute Gasteiger partial charge is 0.00955 e. The van der Waals surface area contributed by atoms with Crippen molar-refractivity contribution >= 4 is 0 Å². The van der Waals surface area contributed by atoms with E-state index in [2.05, 4.69) is 18.7 Å². The van der Waals surface area contributed by atoms with Crippen LogP contribution in [0.5, 0.6) is 0 Å². The van der Waals surface area contributed by atoms with Crippen molar-refractivity contribution in [3.05, 3.63) is 0 Å². The molecule has 2 fully saturated rings. The van der Waals surface area contributed by atoms with Gasteiger partial charge in [-0.2, -0.15) is 0 Å². The third kappa shape index (κ3) is 1.39. The fourth-order valence-corrected chi connectivity index (χ4v) is 2.41. The molecule has 1 nitrogen and oxygen atoms in total. The molecule has 0 aromatic rings. The molecule has 0 aromatic heterocycles.